The predicted molar refractivity (Wildman–Crippen MR) is 101 cm³/mol. The van der Waals surface area contributed by atoms with Crippen molar-refractivity contribution in [1.29, 1.82) is 0 Å². The number of benzene rings is 2. The largest absolute Gasteiger partial charge is 0.481 e. The van der Waals surface area contributed by atoms with Gasteiger partial charge in [0, 0.05) is 5.02 Å². The second-order valence-electron chi connectivity index (χ2n) is 6.96. The van der Waals surface area contributed by atoms with Crippen LogP contribution in [-0.4, -0.2) is 29.1 Å². The van der Waals surface area contributed by atoms with Crippen molar-refractivity contribution in [2.75, 3.05) is 13.1 Å². The molecule has 0 bridgehead atoms. The Balaban J connectivity index is 1.96. The Labute approximate surface area is 154 Å². The zero-order valence-corrected chi connectivity index (χ0v) is 15.5. The van der Waals surface area contributed by atoms with E-state index in [9.17, 15) is 9.90 Å². The van der Waals surface area contributed by atoms with Crippen LogP contribution in [-0.2, 0) is 4.79 Å². The van der Waals surface area contributed by atoms with Crippen molar-refractivity contribution in [3.05, 3.63) is 69.7 Å². The van der Waals surface area contributed by atoms with Crippen LogP contribution >= 0.6 is 11.6 Å². The molecule has 3 nitrogen and oxygen atoms in total. The van der Waals surface area contributed by atoms with E-state index in [4.69, 9.17) is 11.6 Å². The van der Waals surface area contributed by atoms with Crippen molar-refractivity contribution in [2.45, 2.75) is 32.7 Å². The maximum atomic E-state index is 11.3. The first-order valence-corrected chi connectivity index (χ1v) is 9.13. The summed E-state index contributed by atoms with van der Waals surface area (Å²) < 4.78 is 0. The Bertz CT molecular complexity index is 749. The fourth-order valence-electron chi connectivity index (χ4n) is 3.69. The molecular formula is C21H24ClNO2. The van der Waals surface area contributed by atoms with Crippen LogP contribution in [0.15, 0.2) is 42.5 Å². The Morgan fingerprint density at radius 1 is 1.12 bits per heavy atom. The summed E-state index contributed by atoms with van der Waals surface area (Å²) >= 11 is 6.08. The van der Waals surface area contributed by atoms with E-state index in [0.717, 1.165) is 18.1 Å². The summed E-state index contributed by atoms with van der Waals surface area (Å²) in [5.41, 5.74) is 4.98. The molecule has 1 N–H and O–H groups in total. The molecule has 1 aliphatic heterocycles. The normalized spacial score (nSPS) is 17.4. The fraction of sp³-hybridized carbons (Fsp3) is 0.381. The molecule has 1 fully saturated rings. The lowest BCUT2D eigenvalue weighted by atomic mass is 9.89. The van der Waals surface area contributed by atoms with Crippen LogP contribution in [0, 0.1) is 19.8 Å². The Hall–Kier alpha value is -1.84. The fourth-order valence-corrected chi connectivity index (χ4v) is 3.82. The molecule has 0 aliphatic carbocycles. The van der Waals surface area contributed by atoms with Gasteiger partial charge in [0.1, 0.15) is 0 Å². The zero-order chi connectivity index (χ0) is 18.0. The van der Waals surface area contributed by atoms with Crippen molar-refractivity contribution >= 4 is 17.6 Å². The lowest BCUT2D eigenvalue weighted by Crippen LogP contribution is -2.39. The first-order valence-electron chi connectivity index (χ1n) is 8.75. The predicted octanol–water partition coefficient (Wildman–Crippen LogP) is 4.84. The SMILES string of the molecule is Cc1ccc(C)c(C(c2ccc(Cl)cc2)N2CCC(C(=O)O)CC2)c1. The lowest BCUT2D eigenvalue weighted by molar-refractivity contribution is -0.143. The van der Waals surface area contributed by atoms with Crippen molar-refractivity contribution in [3.8, 4) is 0 Å². The Morgan fingerprint density at radius 3 is 2.36 bits per heavy atom. The summed E-state index contributed by atoms with van der Waals surface area (Å²) in [6.07, 6.45) is 1.40. The molecule has 1 unspecified atom stereocenters. The Morgan fingerprint density at radius 2 is 1.76 bits per heavy atom. The van der Waals surface area contributed by atoms with Gasteiger partial charge in [-0.05, 0) is 68.6 Å². The maximum absolute atomic E-state index is 11.3. The summed E-state index contributed by atoms with van der Waals surface area (Å²) in [7, 11) is 0. The third-order valence-electron chi connectivity index (χ3n) is 5.16. The van der Waals surface area contributed by atoms with Crippen molar-refractivity contribution in [3.63, 3.8) is 0 Å². The second-order valence-corrected chi connectivity index (χ2v) is 7.40. The number of hydrogen-bond acceptors (Lipinski definition) is 2. The van der Waals surface area contributed by atoms with Gasteiger partial charge in [-0.15, -0.1) is 0 Å². The summed E-state index contributed by atoms with van der Waals surface area (Å²) in [6.45, 7) is 5.83. The number of hydrogen-bond donors (Lipinski definition) is 1. The number of carbonyl (C=O) groups is 1. The highest BCUT2D eigenvalue weighted by Crippen LogP contribution is 2.35. The number of halogens is 1. The van der Waals surface area contributed by atoms with E-state index in [2.05, 4.69) is 49.1 Å². The van der Waals surface area contributed by atoms with E-state index >= 15 is 0 Å². The molecule has 0 spiro atoms. The average molecular weight is 358 g/mol. The molecule has 2 aromatic rings. The van der Waals surface area contributed by atoms with E-state index < -0.39 is 5.97 Å². The van der Waals surface area contributed by atoms with Gasteiger partial charge in [-0.1, -0.05) is 47.5 Å². The van der Waals surface area contributed by atoms with Crippen LogP contribution in [0.3, 0.4) is 0 Å². The molecular weight excluding hydrogens is 334 g/mol. The standard InChI is InChI=1S/C21H24ClNO2/c1-14-3-4-15(2)19(13-14)20(16-5-7-18(22)8-6-16)23-11-9-17(10-12-23)21(24)25/h3-8,13,17,20H,9-12H2,1-2H3,(H,24,25). The van der Waals surface area contributed by atoms with E-state index in [-0.39, 0.29) is 12.0 Å². The molecule has 3 rings (SSSR count). The average Bonchev–Trinajstić information content (AvgIpc) is 2.60. The van der Waals surface area contributed by atoms with Crippen LogP contribution < -0.4 is 0 Å². The molecule has 1 saturated heterocycles. The minimum absolute atomic E-state index is 0.131. The highest BCUT2D eigenvalue weighted by Gasteiger charge is 2.30. The topological polar surface area (TPSA) is 40.5 Å². The van der Waals surface area contributed by atoms with Gasteiger partial charge in [0.15, 0.2) is 0 Å². The van der Waals surface area contributed by atoms with Gasteiger partial charge >= 0.3 is 5.97 Å². The molecule has 0 aromatic heterocycles. The third kappa shape index (κ3) is 4.05. The highest BCUT2D eigenvalue weighted by molar-refractivity contribution is 6.30. The number of aliphatic carboxylic acids is 1. The summed E-state index contributed by atoms with van der Waals surface area (Å²) in [4.78, 5) is 13.7. The van der Waals surface area contributed by atoms with Crippen LogP contribution in [0.25, 0.3) is 0 Å². The number of rotatable bonds is 4. The molecule has 0 saturated carbocycles. The molecule has 4 heteroatoms. The lowest BCUT2D eigenvalue weighted by Gasteiger charge is -2.38. The minimum atomic E-state index is -0.672. The number of nitrogens with zero attached hydrogens (tertiary/aromatic N) is 1. The first-order chi connectivity index (χ1) is 12.0. The number of carboxylic acids is 1. The molecule has 132 valence electrons. The number of aryl methyl sites for hydroxylation is 2. The number of piperidine rings is 1. The van der Waals surface area contributed by atoms with Gasteiger partial charge in [0.05, 0.1) is 12.0 Å². The van der Waals surface area contributed by atoms with Gasteiger partial charge in [0.25, 0.3) is 0 Å². The number of carboxylic acid groups (broad SMARTS) is 1. The second kappa shape index (κ2) is 7.59. The van der Waals surface area contributed by atoms with E-state index in [1.54, 1.807) is 0 Å². The van der Waals surface area contributed by atoms with Gasteiger partial charge < -0.3 is 5.11 Å². The first kappa shape index (κ1) is 18.0. The summed E-state index contributed by atoms with van der Waals surface area (Å²) in [6, 6.07) is 14.7. The van der Waals surface area contributed by atoms with Crippen molar-refractivity contribution in [1.82, 2.24) is 4.90 Å². The van der Waals surface area contributed by atoms with Gasteiger partial charge in [-0.2, -0.15) is 0 Å². The van der Waals surface area contributed by atoms with E-state index in [1.807, 2.05) is 12.1 Å². The summed E-state index contributed by atoms with van der Waals surface area (Å²) in [5.74, 6) is -0.893. The highest BCUT2D eigenvalue weighted by atomic mass is 35.5. The molecule has 0 amide bonds. The molecule has 1 aliphatic rings. The van der Waals surface area contributed by atoms with Crippen molar-refractivity contribution < 1.29 is 9.90 Å². The van der Waals surface area contributed by atoms with Crippen LogP contribution in [0.4, 0.5) is 0 Å². The van der Waals surface area contributed by atoms with Gasteiger partial charge in [-0.3, -0.25) is 9.69 Å². The quantitative estimate of drug-likeness (QED) is 0.850. The Kier molecular flexibility index (Phi) is 5.45. The number of likely N-dealkylation sites (tertiary alicyclic amines) is 1. The summed E-state index contributed by atoms with van der Waals surface area (Å²) in [5, 5.41) is 10.0. The smallest absolute Gasteiger partial charge is 0.306 e. The van der Waals surface area contributed by atoms with Gasteiger partial charge in [0.2, 0.25) is 0 Å². The van der Waals surface area contributed by atoms with E-state index in [1.165, 1.54) is 22.3 Å². The molecule has 1 heterocycles. The molecule has 25 heavy (non-hydrogen) atoms. The van der Waals surface area contributed by atoms with Crippen LogP contribution in [0.5, 0.6) is 0 Å². The van der Waals surface area contributed by atoms with E-state index in [0.29, 0.717) is 12.8 Å². The zero-order valence-electron chi connectivity index (χ0n) is 14.7. The van der Waals surface area contributed by atoms with Crippen LogP contribution in [0.2, 0.25) is 5.02 Å². The maximum Gasteiger partial charge on any atom is 0.306 e. The van der Waals surface area contributed by atoms with Crippen LogP contribution in [0.1, 0.15) is 41.1 Å². The van der Waals surface area contributed by atoms with Crippen molar-refractivity contribution in [2.24, 2.45) is 5.92 Å². The molecule has 0 radical (unpaired) electrons. The minimum Gasteiger partial charge on any atom is -0.481 e. The third-order valence-corrected chi connectivity index (χ3v) is 5.41. The van der Waals surface area contributed by atoms with Gasteiger partial charge in [-0.25, -0.2) is 0 Å². The molecule has 2 aromatic carbocycles. The monoisotopic (exact) mass is 357 g/mol. The molecule has 1 atom stereocenters.